The number of aromatic nitrogens is 5. The van der Waals surface area contributed by atoms with Gasteiger partial charge in [-0.3, -0.25) is 10.00 Å². The lowest BCUT2D eigenvalue weighted by atomic mass is 10.0. The predicted octanol–water partition coefficient (Wildman–Crippen LogP) is 2.52. The lowest BCUT2D eigenvalue weighted by Crippen LogP contribution is -2.45. The van der Waals surface area contributed by atoms with Crippen LogP contribution in [0, 0.1) is 0 Å². The third-order valence-corrected chi connectivity index (χ3v) is 5.55. The fourth-order valence-electron chi connectivity index (χ4n) is 3.90. The zero-order valence-electron chi connectivity index (χ0n) is 15.3. The molecule has 10 heteroatoms. The van der Waals surface area contributed by atoms with Gasteiger partial charge in [0.1, 0.15) is 0 Å². The van der Waals surface area contributed by atoms with E-state index >= 15 is 0 Å². The summed E-state index contributed by atoms with van der Waals surface area (Å²) in [5.41, 5.74) is 0.825. The number of rotatable bonds is 6. The van der Waals surface area contributed by atoms with Crippen molar-refractivity contribution < 1.29 is 14.6 Å². The SMILES string of the molecule is COc1nncc(Nc2cc([C@H]3CC[C@@H](N(C(=O)O)C4(C)CC4)C3)[nH]n2)n1. The number of anilines is 2. The predicted molar refractivity (Wildman–Crippen MR) is 96.1 cm³/mol. The molecule has 2 fully saturated rings. The highest BCUT2D eigenvalue weighted by atomic mass is 16.5. The number of carbonyl (C=O) groups is 1. The lowest BCUT2D eigenvalue weighted by molar-refractivity contribution is 0.0955. The highest BCUT2D eigenvalue weighted by molar-refractivity contribution is 5.67. The second-order valence-corrected chi connectivity index (χ2v) is 7.48. The van der Waals surface area contributed by atoms with Crippen LogP contribution in [0.1, 0.15) is 50.6 Å². The number of nitrogens with zero attached hydrogens (tertiary/aromatic N) is 5. The lowest BCUT2D eigenvalue weighted by Gasteiger charge is -2.32. The summed E-state index contributed by atoms with van der Waals surface area (Å²) in [4.78, 5) is 17.6. The van der Waals surface area contributed by atoms with Crippen LogP contribution in [-0.4, -0.2) is 60.2 Å². The molecular weight excluding hydrogens is 350 g/mol. The number of aromatic amines is 1. The summed E-state index contributed by atoms with van der Waals surface area (Å²) in [7, 11) is 1.48. The topological polar surface area (TPSA) is 129 Å². The smallest absolute Gasteiger partial charge is 0.408 e. The van der Waals surface area contributed by atoms with Crippen LogP contribution in [0.4, 0.5) is 16.4 Å². The summed E-state index contributed by atoms with van der Waals surface area (Å²) in [5, 5.41) is 27.6. The van der Waals surface area contributed by atoms with Gasteiger partial charge in [0.15, 0.2) is 11.6 Å². The van der Waals surface area contributed by atoms with E-state index in [1.807, 2.05) is 13.0 Å². The molecule has 0 aliphatic heterocycles. The average molecular weight is 373 g/mol. The van der Waals surface area contributed by atoms with E-state index in [2.05, 4.69) is 30.7 Å². The normalized spacial score (nSPS) is 23.0. The molecule has 0 aromatic carbocycles. The van der Waals surface area contributed by atoms with Crippen molar-refractivity contribution in [2.75, 3.05) is 12.4 Å². The van der Waals surface area contributed by atoms with E-state index in [1.165, 1.54) is 13.3 Å². The average Bonchev–Trinajstić information content (AvgIpc) is 3.03. The Kier molecular flexibility index (Phi) is 4.33. The van der Waals surface area contributed by atoms with Crippen molar-refractivity contribution in [2.24, 2.45) is 0 Å². The van der Waals surface area contributed by atoms with Crippen molar-refractivity contribution in [3.63, 3.8) is 0 Å². The van der Waals surface area contributed by atoms with Gasteiger partial charge in [0.2, 0.25) is 0 Å². The number of ether oxygens (including phenoxy) is 1. The van der Waals surface area contributed by atoms with Crippen LogP contribution < -0.4 is 10.1 Å². The second-order valence-electron chi connectivity index (χ2n) is 7.48. The molecule has 2 atom stereocenters. The first kappa shape index (κ1) is 17.5. The maximum Gasteiger partial charge on any atom is 0.408 e. The first-order valence-electron chi connectivity index (χ1n) is 9.07. The van der Waals surface area contributed by atoms with E-state index in [4.69, 9.17) is 4.74 Å². The Morgan fingerprint density at radius 1 is 1.41 bits per heavy atom. The first-order valence-corrected chi connectivity index (χ1v) is 9.07. The minimum absolute atomic E-state index is 0.0648. The first-order chi connectivity index (χ1) is 13.0. The molecule has 0 bridgehead atoms. The molecule has 2 aliphatic carbocycles. The Labute approximate surface area is 156 Å². The Hall–Kier alpha value is -2.91. The van der Waals surface area contributed by atoms with Crippen LogP contribution in [-0.2, 0) is 0 Å². The summed E-state index contributed by atoms with van der Waals surface area (Å²) in [6.45, 7) is 2.04. The highest BCUT2D eigenvalue weighted by Crippen LogP contribution is 2.47. The third-order valence-electron chi connectivity index (χ3n) is 5.55. The van der Waals surface area contributed by atoms with Crippen molar-refractivity contribution in [2.45, 2.75) is 56.5 Å². The van der Waals surface area contributed by atoms with Crippen LogP contribution in [0.15, 0.2) is 12.3 Å². The van der Waals surface area contributed by atoms with Gasteiger partial charge in [0.25, 0.3) is 0 Å². The number of H-pyrrole nitrogens is 1. The van der Waals surface area contributed by atoms with Crippen molar-refractivity contribution in [3.8, 4) is 6.01 Å². The molecule has 2 heterocycles. The monoisotopic (exact) mass is 373 g/mol. The zero-order chi connectivity index (χ0) is 19.0. The number of hydrogen-bond donors (Lipinski definition) is 3. The number of hydrogen-bond acceptors (Lipinski definition) is 7. The fourth-order valence-corrected chi connectivity index (χ4v) is 3.90. The molecule has 2 saturated carbocycles. The Balaban J connectivity index is 1.42. The molecule has 2 aliphatic rings. The zero-order valence-corrected chi connectivity index (χ0v) is 15.3. The highest BCUT2D eigenvalue weighted by Gasteiger charge is 2.50. The fraction of sp³-hybridized carbons (Fsp3) is 0.588. The van der Waals surface area contributed by atoms with Gasteiger partial charge in [-0.15, -0.1) is 0 Å². The molecule has 0 saturated heterocycles. The van der Waals surface area contributed by atoms with Gasteiger partial charge in [-0.05, 0) is 39.0 Å². The van der Waals surface area contributed by atoms with E-state index in [-0.39, 0.29) is 23.5 Å². The van der Waals surface area contributed by atoms with Crippen LogP contribution >= 0.6 is 0 Å². The molecule has 0 spiro atoms. The molecule has 27 heavy (non-hydrogen) atoms. The summed E-state index contributed by atoms with van der Waals surface area (Å²) >= 11 is 0. The van der Waals surface area contributed by atoms with Gasteiger partial charge < -0.3 is 15.2 Å². The van der Waals surface area contributed by atoms with E-state index in [1.54, 1.807) is 4.90 Å². The minimum Gasteiger partial charge on any atom is -0.466 e. The van der Waals surface area contributed by atoms with Crippen molar-refractivity contribution in [3.05, 3.63) is 18.0 Å². The summed E-state index contributed by atoms with van der Waals surface area (Å²) < 4.78 is 4.96. The van der Waals surface area contributed by atoms with Crippen LogP contribution in [0.25, 0.3) is 0 Å². The Bertz CT molecular complexity index is 835. The van der Waals surface area contributed by atoms with Gasteiger partial charge >= 0.3 is 12.1 Å². The largest absolute Gasteiger partial charge is 0.466 e. The maximum atomic E-state index is 11.7. The molecule has 0 unspecified atom stereocenters. The molecule has 10 nitrogen and oxygen atoms in total. The molecule has 3 N–H and O–H groups in total. The van der Waals surface area contributed by atoms with E-state index in [0.717, 1.165) is 37.8 Å². The standard InChI is InChI=1S/C17H23N7O3/c1-17(5-6-17)24(16(25)26)11-4-3-10(7-11)12-8-13(22-21-12)19-14-9-18-23-15(20-14)27-2/h8-11H,3-7H2,1-2H3,(H,25,26)(H2,19,20,21,22,23)/t10-,11+/m0/s1. The van der Waals surface area contributed by atoms with Crippen molar-refractivity contribution >= 4 is 17.7 Å². The van der Waals surface area contributed by atoms with Crippen LogP contribution in [0.3, 0.4) is 0 Å². The van der Waals surface area contributed by atoms with Gasteiger partial charge in [0, 0.05) is 29.3 Å². The van der Waals surface area contributed by atoms with E-state index in [0.29, 0.717) is 11.6 Å². The van der Waals surface area contributed by atoms with Crippen LogP contribution in [0.2, 0.25) is 0 Å². The third kappa shape index (κ3) is 3.51. The van der Waals surface area contributed by atoms with Crippen molar-refractivity contribution in [1.29, 1.82) is 0 Å². The summed E-state index contributed by atoms with van der Waals surface area (Å²) in [6.07, 6.45) is 5.22. The van der Waals surface area contributed by atoms with Crippen LogP contribution in [0.5, 0.6) is 6.01 Å². The van der Waals surface area contributed by atoms with Gasteiger partial charge in [-0.1, -0.05) is 5.10 Å². The maximum absolute atomic E-state index is 11.7. The molecular formula is C17H23N7O3. The Morgan fingerprint density at radius 2 is 2.22 bits per heavy atom. The van der Waals surface area contributed by atoms with Gasteiger partial charge in [-0.2, -0.15) is 15.2 Å². The minimum atomic E-state index is -0.808. The number of nitrogens with one attached hydrogen (secondary N) is 2. The van der Waals surface area contributed by atoms with Crippen molar-refractivity contribution in [1.82, 2.24) is 30.3 Å². The van der Waals surface area contributed by atoms with Gasteiger partial charge in [-0.25, -0.2) is 4.79 Å². The molecule has 1 amide bonds. The molecule has 4 rings (SSSR count). The summed E-state index contributed by atoms with van der Waals surface area (Å²) in [6, 6.07) is 2.18. The Morgan fingerprint density at radius 3 is 2.93 bits per heavy atom. The molecule has 2 aromatic heterocycles. The number of carboxylic acid groups (broad SMARTS) is 1. The number of amides is 1. The second kappa shape index (κ2) is 6.67. The molecule has 144 valence electrons. The van der Waals surface area contributed by atoms with Gasteiger partial charge in [0.05, 0.1) is 13.3 Å². The quantitative estimate of drug-likeness (QED) is 0.704. The molecule has 0 radical (unpaired) electrons. The van der Waals surface area contributed by atoms with E-state index in [9.17, 15) is 9.90 Å². The summed E-state index contributed by atoms with van der Waals surface area (Å²) in [5.74, 6) is 1.38. The number of methoxy groups -OCH3 is 1. The van der Waals surface area contributed by atoms with E-state index < -0.39 is 6.09 Å². The molecule has 2 aromatic rings.